The first kappa shape index (κ1) is 23.4. The number of nitrogens with zero attached hydrogens (tertiary/aromatic N) is 4. The van der Waals surface area contributed by atoms with E-state index in [1.165, 1.54) is 0 Å². The number of methoxy groups -OCH3 is 1. The molecule has 0 spiro atoms. The van der Waals surface area contributed by atoms with Gasteiger partial charge in [0.05, 0.1) is 12.7 Å². The minimum atomic E-state index is -0.0572. The van der Waals surface area contributed by atoms with E-state index in [4.69, 9.17) is 14.0 Å². The normalized spacial score (nSPS) is 13.5. The number of ether oxygens (including phenoxy) is 2. The fourth-order valence-electron chi connectivity index (χ4n) is 4.27. The molecule has 0 radical (unpaired) electrons. The Kier molecular flexibility index (Phi) is 6.84. The third kappa shape index (κ3) is 5.02. The van der Waals surface area contributed by atoms with Gasteiger partial charge in [0.25, 0.3) is 11.8 Å². The maximum atomic E-state index is 12.9. The summed E-state index contributed by atoms with van der Waals surface area (Å²) in [6, 6.07) is 23.2. The molecule has 3 aromatic carbocycles. The fourth-order valence-corrected chi connectivity index (χ4v) is 4.27. The summed E-state index contributed by atoms with van der Waals surface area (Å²) >= 11 is 0. The average molecular weight is 485 g/mol. The summed E-state index contributed by atoms with van der Waals surface area (Å²) in [5.41, 5.74) is 3.75. The monoisotopic (exact) mass is 484 g/mol. The van der Waals surface area contributed by atoms with Crippen LogP contribution < -0.4 is 14.4 Å². The van der Waals surface area contributed by atoms with Gasteiger partial charge in [-0.1, -0.05) is 41.6 Å². The lowest BCUT2D eigenvalue weighted by Crippen LogP contribution is -2.50. The second-order valence-electron chi connectivity index (χ2n) is 8.59. The van der Waals surface area contributed by atoms with Gasteiger partial charge in [-0.2, -0.15) is 4.98 Å². The van der Waals surface area contributed by atoms with Crippen LogP contribution in [0.3, 0.4) is 0 Å². The number of para-hydroxylation sites is 1. The molecule has 184 valence electrons. The smallest absolute Gasteiger partial charge is 0.262 e. The van der Waals surface area contributed by atoms with E-state index in [0.717, 1.165) is 35.7 Å². The molecule has 1 saturated heterocycles. The van der Waals surface area contributed by atoms with Gasteiger partial charge in [-0.05, 0) is 48.9 Å². The third-order valence-electron chi connectivity index (χ3n) is 6.35. The van der Waals surface area contributed by atoms with Crippen LogP contribution in [0.2, 0.25) is 0 Å². The Bertz CT molecular complexity index is 1330. The maximum Gasteiger partial charge on any atom is 0.262 e. The van der Waals surface area contributed by atoms with Crippen molar-refractivity contribution < 1.29 is 18.8 Å². The van der Waals surface area contributed by atoms with E-state index in [2.05, 4.69) is 15.0 Å². The van der Waals surface area contributed by atoms with Gasteiger partial charge in [0.2, 0.25) is 5.82 Å². The Morgan fingerprint density at radius 2 is 1.61 bits per heavy atom. The second-order valence-corrected chi connectivity index (χ2v) is 8.59. The number of carbonyl (C=O) groups is 1. The second kappa shape index (κ2) is 10.5. The topological polar surface area (TPSA) is 80.9 Å². The number of aromatic nitrogens is 2. The van der Waals surface area contributed by atoms with E-state index in [-0.39, 0.29) is 12.5 Å². The van der Waals surface area contributed by atoms with Crippen molar-refractivity contribution in [1.82, 2.24) is 15.0 Å². The van der Waals surface area contributed by atoms with Crippen molar-refractivity contribution in [3.8, 4) is 34.3 Å². The average Bonchev–Trinajstić information content (AvgIpc) is 3.42. The Morgan fingerprint density at radius 1 is 0.917 bits per heavy atom. The minimum absolute atomic E-state index is 0.0506. The highest BCUT2D eigenvalue weighted by molar-refractivity contribution is 5.78. The summed E-state index contributed by atoms with van der Waals surface area (Å²) in [4.78, 5) is 21.6. The number of aryl methyl sites for hydroxylation is 1. The van der Waals surface area contributed by atoms with Crippen LogP contribution in [0.15, 0.2) is 77.3 Å². The molecule has 36 heavy (non-hydrogen) atoms. The number of anilines is 1. The third-order valence-corrected chi connectivity index (χ3v) is 6.35. The zero-order valence-electron chi connectivity index (χ0n) is 20.4. The van der Waals surface area contributed by atoms with E-state index >= 15 is 0 Å². The van der Waals surface area contributed by atoms with Crippen molar-refractivity contribution in [2.45, 2.75) is 6.92 Å². The van der Waals surface area contributed by atoms with Gasteiger partial charge < -0.3 is 23.8 Å². The molecule has 0 atom stereocenters. The molecule has 8 heteroatoms. The van der Waals surface area contributed by atoms with Gasteiger partial charge in [0.15, 0.2) is 6.61 Å². The van der Waals surface area contributed by atoms with E-state index in [0.29, 0.717) is 36.1 Å². The number of piperazine rings is 1. The van der Waals surface area contributed by atoms with E-state index < -0.39 is 0 Å². The Labute approximate surface area is 210 Å². The van der Waals surface area contributed by atoms with E-state index in [1.54, 1.807) is 7.11 Å². The molecular formula is C28H28N4O4. The predicted octanol–water partition coefficient (Wildman–Crippen LogP) is 4.45. The molecule has 1 aliphatic heterocycles. The van der Waals surface area contributed by atoms with Gasteiger partial charge >= 0.3 is 0 Å². The van der Waals surface area contributed by atoms with Gasteiger partial charge in [-0.15, -0.1) is 0 Å². The first-order chi connectivity index (χ1) is 17.6. The van der Waals surface area contributed by atoms with Crippen molar-refractivity contribution in [3.05, 3.63) is 78.4 Å². The van der Waals surface area contributed by atoms with Crippen LogP contribution in [0.5, 0.6) is 11.5 Å². The molecular weight excluding hydrogens is 456 g/mol. The van der Waals surface area contributed by atoms with Crippen molar-refractivity contribution in [1.29, 1.82) is 0 Å². The molecule has 2 heterocycles. The van der Waals surface area contributed by atoms with Crippen LogP contribution in [0.25, 0.3) is 22.8 Å². The van der Waals surface area contributed by atoms with Gasteiger partial charge in [0, 0.05) is 37.4 Å². The van der Waals surface area contributed by atoms with Crippen molar-refractivity contribution in [3.63, 3.8) is 0 Å². The number of benzene rings is 3. The minimum Gasteiger partial charge on any atom is -0.497 e. The lowest BCUT2D eigenvalue weighted by molar-refractivity contribution is -0.133. The highest BCUT2D eigenvalue weighted by Gasteiger charge is 2.23. The molecule has 5 rings (SSSR count). The van der Waals surface area contributed by atoms with Crippen molar-refractivity contribution in [2.75, 3.05) is 44.8 Å². The lowest BCUT2D eigenvalue weighted by Gasteiger charge is -2.36. The molecule has 1 fully saturated rings. The van der Waals surface area contributed by atoms with Gasteiger partial charge in [0.1, 0.15) is 11.5 Å². The Morgan fingerprint density at radius 3 is 2.33 bits per heavy atom. The number of hydrogen-bond acceptors (Lipinski definition) is 7. The summed E-state index contributed by atoms with van der Waals surface area (Å²) in [6.45, 7) is 4.75. The number of hydrogen-bond donors (Lipinski definition) is 0. The summed E-state index contributed by atoms with van der Waals surface area (Å²) < 4.78 is 16.7. The predicted molar refractivity (Wildman–Crippen MR) is 137 cm³/mol. The first-order valence-corrected chi connectivity index (χ1v) is 11.9. The van der Waals surface area contributed by atoms with Crippen LogP contribution in [0, 0.1) is 6.92 Å². The summed E-state index contributed by atoms with van der Waals surface area (Å²) in [5, 5.41) is 4.15. The summed E-state index contributed by atoms with van der Waals surface area (Å²) in [7, 11) is 1.66. The molecule has 1 aromatic heterocycles. The first-order valence-electron chi connectivity index (χ1n) is 11.9. The largest absolute Gasteiger partial charge is 0.497 e. The van der Waals surface area contributed by atoms with Crippen molar-refractivity contribution >= 4 is 11.6 Å². The van der Waals surface area contributed by atoms with Crippen LogP contribution in [-0.2, 0) is 4.79 Å². The molecule has 1 amide bonds. The van der Waals surface area contributed by atoms with Crippen LogP contribution in [-0.4, -0.2) is 60.8 Å². The highest BCUT2D eigenvalue weighted by Crippen LogP contribution is 2.31. The maximum absolute atomic E-state index is 12.9. The molecule has 1 aliphatic rings. The van der Waals surface area contributed by atoms with E-state index in [1.807, 2.05) is 84.6 Å². The molecule has 4 aromatic rings. The molecule has 0 aliphatic carbocycles. The molecule has 8 nitrogen and oxygen atoms in total. The molecule has 0 N–H and O–H groups in total. The summed E-state index contributed by atoms with van der Waals surface area (Å²) in [6.07, 6.45) is 0. The lowest BCUT2D eigenvalue weighted by atomic mass is 10.1. The fraction of sp³-hybridized carbons (Fsp3) is 0.250. The van der Waals surface area contributed by atoms with Crippen LogP contribution in [0.4, 0.5) is 5.69 Å². The molecule has 0 saturated carbocycles. The zero-order valence-corrected chi connectivity index (χ0v) is 20.4. The SMILES string of the molecule is COc1ccc(N2CCN(C(=O)COc3ccccc3-c3nc(-c4ccccc4C)no3)CC2)cc1. The molecule has 0 bridgehead atoms. The number of rotatable bonds is 7. The Balaban J connectivity index is 1.20. The molecule has 0 unspecified atom stereocenters. The van der Waals surface area contributed by atoms with Crippen LogP contribution >= 0.6 is 0 Å². The van der Waals surface area contributed by atoms with Gasteiger partial charge in [-0.3, -0.25) is 4.79 Å². The standard InChI is InChI=1S/C28H28N4O4/c1-20-7-3-4-8-23(20)27-29-28(36-30-27)24-9-5-6-10-25(24)35-19-26(33)32-17-15-31(16-18-32)21-11-13-22(34-2)14-12-21/h3-14H,15-19H2,1-2H3. The zero-order chi connectivity index (χ0) is 24.9. The quantitative estimate of drug-likeness (QED) is 0.383. The number of amides is 1. The van der Waals surface area contributed by atoms with Crippen LogP contribution in [0.1, 0.15) is 5.56 Å². The van der Waals surface area contributed by atoms with Gasteiger partial charge in [-0.25, -0.2) is 0 Å². The Hall–Kier alpha value is -4.33. The number of carbonyl (C=O) groups excluding carboxylic acids is 1. The van der Waals surface area contributed by atoms with E-state index in [9.17, 15) is 4.79 Å². The highest BCUT2D eigenvalue weighted by atomic mass is 16.5. The van der Waals surface area contributed by atoms with Crippen molar-refractivity contribution in [2.24, 2.45) is 0 Å². The summed E-state index contributed by atoms with van der Waals surface area (Å²) in [5.74, 6) is 2.18.